The largest absolute Gasteiger partial charge is 0.250 e. The van der Waals surface area contributed by atoms with E-state index in [-0.39, 0.29) is 4.90 Å². The van der Waals surface area contributed by atoms with Crippen molar-refractivity contribution >= 4 is 27.0 Å². The Morgan fingerprint density at radius 1 is 0.957 bits per heavy atom. The SMILES string of the molecule is O=S(=O)(NC1C=CC=C2C1=Nc1ccccc12)c1ccccc1. The number of nitrogens with one attached hydrogen (secondary N) is 1. The summed E-state index contributed by atoms with van der Waals surface area (Å²) in [6.45, 7) is 0. The van der Waals surface area contributed by atoms with E-state index in [0.29, 0.717) is 0 Å². The number of nitrogens with zero attached hydrogens (tertiary/aromatic N) is 1. The van der Waals surface area contributed by atoms with Gasteiger partial charge >= 0.3 is 0 Å². The van der Waals surface area contributed by atoms with Crippen molar-refractivity contribution in [2.75, 3.05) is 0 Å². The molecule has 1 aliphatic heterocycles. The lowest BCUT2D eigenvalue weighted by Crippen LogP contribution is -2.40. The maximum absolute atomic E-state index is 12.5. The Hall–Kier alpha value is -2.50. The molecule has 0 saturated carbocycles. The molecule has 114 valence electrons. The van der Waals surface area contributed by atoms with Gasteiger partial charge in [-0.3, -0.25) is 4.99 Å². The first kappa shape index (κ1) is 14.1. The first-order chi connectivity index (χ1) is 11.1. The molecule has 1 N–H and O–H groups in total. The van der Waals surface area contributed by atoms with Crippen LogP contribution in [0.4, 0.5) is 5.69 Å². The molecule has 2 aromatic rings. The quantitative estimate of drug-likeness (QED) is 0.944. The highest BCUT2D eigenvalue weighted by atomic mass is 32.2. The lowest BCUT2D eigenvalue weighted by molar-refractivity contribution is 0.582. The van der Waals surface area contributed by atoms with E-state index in [2.05, 4.69) is 9.71 Å². The average molecular weight is 322 g/mol. The number of fused-ring (bicyclic) bond motifs is 3. The molecule has 0 amide bonds. The monoisotopic (exact) mass is 322 g/mol. The van der Waals surface area contributed by atoms with Gasteiger partial charge in [0.05, 0.1) is 22.3 Å². The van der Waals surface area contributed by atoms with Crippen molar-refractivity contribution in [3.63, 3.8) is 0 Å². The van der Waals surface area contributed by atoms with Crippen molar-refractivity contribution in [3.05, 3.63) is 78.4 Å². The lowest BCUT2D eigenvalue weighted by Gasteiger charge is -2.19. The number of hydrogen-bond acceptors (Lipinski definition) is 3. The molecule has 4 rings (SSSR count). The van der Waals surface area contributed by atoms with Gasteiger partial charge in [0.15, 0.2) is 0 Å². The Morgan fingerprint density at radius 3 is 2.52 bits per heavy atom. The van der Waals surface area contributed by atoms with Crippen LogP contribution in [0.1, 0.15) is 5.56 Å². The van der Waals surface area contributed by atoms with Crippen molar-refractivity contribution in [1.29, 1.82) is 0 Å². The van der Waals surface area contributed by atoms with Crippen molar-refractivity contribution < 1.29 is 8.42 Å². The highest BCUT2D eigenvalue weighted by Crippen LogP contribution is 2.37. The molecule has 0 bridgehead atoms. The summed E-state index contributed by atoms with van der Waals surface area (Å²) < 4.78 is 27.8. The van der Waals surface area contributed by atoms with Crippen LogP contribution in [-0.4, -0.2) is 20.2 Å². The predicted octanol–water partition coefficient (Wildman–Crippen LogP) is 3.07. The highest BCUT2D eigenvalue weighted by molar-refractivity contribution is 7.89. The predicted molar refractivity (Wildman–Crippen MR) is 91.2 cm³/mol. The van der Waals surface area contributed by atoms with Gasteiger partial charge in [-0.05, 0) is 18.2 Å². The van der Waals surface area contributed by atoms with Crippen LogP contribution in [0, 0.1) is 0 Å². The molecule has 1 aliphatic carbocycles. The molecule has 0 fully saturated rings. The second-order valence-electron chi connectivity index (χ2n) is 5.39. The Kier molecular flexibility index (Phi) is 3.25. The van der Waals surface area contributed by atoms with E-state index in [1.807, 2.05) is 42.5 Å². The normalized spacial score (nSPS) is 18.9. The minimum atomic E-state index is -3.60. The number of para-hydroxylation sites is 1. The van der Waals surface area contributed by atoms with E-state index in [0.717, 1.165) is 22.5 Å². The van der Waals surface area contributed by atoms with Gasteiger partial charge in [0.25, 0.3) is 0 Å². The topological polar surface area (TPSA) is 58.5 Å². The molecular formula is C18H14N2O2S. The summed E-state index contributed by atoms with van der Waals surface area (Å²) in [5, 5.41) is 0. The van der Waals surface area contributed by atoms with E-state index in [1.165, 1.54) is 0 Å². The zero-order chi connectivity index (χ0) is 15.9. The van der Waals surface area contributed by atoms with Crippen LogP contribution < -0.4 is 4.72 Å². The summed E-state index contributed by atoms with van der Waals surface area (Å²) in [4.78, 5) is 4.85. The summed E-state index contributed by atoms with van der Waals surface area (Å²) in [6, 6.07) is 15.7. The molecular weight excluding hydrogens is 308 g/mol. The number of hydrogen-bond donors (Lipinski definition) is 1. The molecule has 1 unspecified atom stereocenters. The Balaban J connectivity index is 1.68. The third-order valence-electron chi connectivity index (χ3n) is 3.91. The summed E-state index contributed by atoms with van der Waals surface area (Å²) in [6.07, 6.45) is 5.65. The van der Waals surface area contributed by atoms with Gasteiger partial charge < -0.3 is 0 Å². The number of allylic oxidation sites excluding steroid dienone is 2. The van der Waals surface area contributed by atoms with Gasteiger partial charge in [0.1, 0.15) is 0 Å². The maximum atomic E-state index is 12.5. The molecule has 4 nitrogen and oxygen atoms in total. The first-order valence-electron chi connectivity index (χ1n) is 7.29. The third kappa shape index (κ3) is 2.44. The van der Waals surface area contributed by atoms with E-state index in [4.69, 9.17) is 0 Å². The molecule has 1 atom stereocenters. The minimum Gasteiger partial charge on any atom is -0.250 e. The fraction of sp³-hybridized carbons (Fsp3) is 0.0556. The zero-order valence-electron chi connectivity index (χ0n) is 12.2. The van der Waals surface area contributed by atoms with Gasteiger partial charge in [-0.15, -0.1) is 0 Å². The van der Waals surface area contributed by atoms with Gasteiger partial charge in [0.2, 0.25) is 10.0 Å². The summed E-state index contributed by atoms with van der Waals surface area (Å²) in [5.74, 6) is 0. The summed E-state index contributed by atoms with van der Waals surface area (Å²) in [7, 11) is -3.60. The molecule has 0 spiro atoms. The fourth-order valence-electron chi connectivity index (χ4n) is 2.82. The van der Waals surface area contributed by atoms with Crippen LogP contribution in [-0.2, 0) is 10.0 Å². The van der Waals surface area contributed by atoms with Crippen molar-refractivity contribution in [1.82, 2.24) is 4.72 Å². The molecule has 2 aromatic carbocycles. The van der Waals surface area contributed by atoms with Crippen molar-refractivity contribution in [3.8, 4) is 0 Å². The van der Waals surface area contributed by atoms with Crippen LogP contribution >= 0.6 is 0 Å². The number of sulfonamides is 1. The van der Waals surface area contributed by atoms with Gasteiger partial charge in [-0.2, -0.15) is 4.72 Å². The van der Waals surface area contributed by atoms with E-state index < -0.39 is 16.1 Å². The highest BCUT2D eigenvalue weighted by Gasteiger charge is 2.30. The molecule has 23 heavy (non-hydrogen) atoms. The lowest BCUT2D eigenvalue weighted by atomic mass is 9.95. The van der Waals surface area contributed by atoms with E-state index in [9.17, 15) is 8.42 Å². The average Bonchev–Trinajstić information content (AvgIpc) is 2.95. The summed E-state index contributed by atoms with van der Waals surface area (Å²) >= 11 is 0. The second kappa shape index (κ2) is 5.30. The van der Waals surface area contributed by atoms with Crippen LogP contribution in [0.2, 0.25) is 0 Å². The van der Waals surface area contributed by atoms with Crippen LogP contribution in [0.25, 0.3) is 5.57 Å². The standard InChI is InChI=1S/C18H14N2O2S/c21-23(22,13-7-2-1-3-8-13)20-17-12-6-10-15-14-9-4-5-11-16(14)19-18(15)17/h1-12,17,20H. The number of benzene rings is 2. The van der Waals surface area contributed by atoms with Gasteiger partial charge in [-0.1, -0.05) is 54.6 Å². The van der Waals surface area contributed by atoms with Gasteiger partial charge in [-0.25, -0.2) is 8.42 Å². The smallest absolute Gasteiger partial charge is 0.241 e. The molecule has 0 saturated heterocycles. The van der Waals surface area contributed by atoms with Crippen molar-refractivity contribution in [2.45, 2.75) is 10.9 Å². The third-order valence-corrected chi connectivity index (χ3v) is 5.36. The Labute approximate surface area is 134 Å². The maximum Gasteiger partial charge on any atom is 0.241 e. The van der Waals surface area contributed by atoms with Crippen LogP contribution in [0.5, 0.6) is 0 Å². The molecule has 0 aromatic heterocycles. The molecule has 2 aliphatic rings. The van der Waals surface area contributed by atoms with Gasteiger partial charge in [0, 0.05) is 11.1 Å². The molecule has 1 heterocycles. The fourth-order valence-corrected chi connectivity index (χ4v) is 4.00. The second-order valence-corrected chi connectivity index (χ2v) is 7.11. The molecule has 5 heteroatoms. The summed E-state index contributed by atoms with van der Waals surface area (Å²) in [5.41, 5.74) is 3.63. The first-order valence-corrected chi connectivity index (χ1v) is 8.78. The van der Waals surface area contributed by atoms with E-state index in [1.54, 1.807) is 30.3 Å². The van der Waals surface area contributed by atoms with E-state index >= 15 is 0 Å². The number of rotatable bonds is 3. The number of aliphatic imine (C=N–C) groups is 1. The minimum absolute atomic E-state index is 0.251. The Bertz CT molecular complexity index is 958. The van der Waals surface area contributed by atoms with Crippen molar-refractivity contribution in [2.24, 2.45) is 4.99 Å². The van der Waals surface area contributed by atoms with Crippen LogP contribution in [0.15, 0.2) is 82.7 Å². The Morgan fingerprint density at radius 2 is 1.70 bits per heavy atom. The zero-order valence-corrected chi connectivity index (χ0v) is 13.0. The molecule has 0 radical (unpaired) electrons. The van der Waals surface area contributed by atoms with Crippen LogP contribution in [0.3, 0.4) is 0 Å².